The lowest BCUT2D eigenvalue weighted by molar-refractivity contribution is 0.751. The van der Waals surface area contributed by atoms with Crippen LogP contribution in [0.1, 0.15) is 5.56 Å². The first-order chi connectivity index (χ1) is 6.27. The summed E-state index contributed by atoms with van der Waals surface area (Å²) in [6, 6.07) is 5.67. The Hall–Kier alpha value is -1.35. The van der Waals surface area contributed by atoms with Crippen molar-refractivity contribution in [2.24, 2.45) is 0 Å². The molecule has 0 atom stereocenters. The van der Waals surface area contributed by atoms with Gasteiger partial charge in [-0.25, -0.2) is 0 Å². The zero-order chi connectivity index (χ0) is 9.26. The lowest BCUT2D eigenvalue weighted by Crippen LogP contribution is -1.98. The van der Waals surface area contributed by atoms with E-state index in [1.54, 1.807) is 17.2 Å². The Kier molecular flexibility index (Phi) is 2.02. The number of halogens is 1. The number of hydrogen-bond acceptors (Lipinski definition) is 2. The Morgan fingerprint density at radius 3 is 2.54 bits per heavy atom. The van der Waals surface area contributed by atoms with Crippen molar-refractivity contribution >= 4 is 11.6 Å². The topological polar surface area (TPSA) is 30.7 Å². The molecule has 0 aliphatic heterocycles. The molecule has 0 saturated carbocycles. The van der Waals surface area contributed by atoms with E-state index in [4.69, 9.17) is 11.6 Å². The van der Waals surface area contributed by atoms with Crippen LogP contribution in [0.3, 0.4) is 0 Å². The minimum absolute atomic E-state index is 0.760. The normalized spacial score (nSPS) is 10.3. The van der Waals surface area contributed by atoms with E-state index in [1.807, 2.05) is 25.1 Å². The van der Waals surface area contributed by atoms with Gasteiger partial charge in [-0.15, -0.1) is 0 Å². The molecule has 1 aromatic heterocycles. The lowest BCUT2D eigenvalue weighted by Gasteiger charge is -2.01. The number of aromatic nitrogens is 3. The second-order valence-corrected chi connectivity index (χ2v) is 3.16. The summed E-state index contributed by atoms with van der Waals surface area (Å²) >= 11 is 5.89. The predicted octanol–water partition coefficient (Wildman–Crippen LogP) is 2.23. The highest BCUT2D eigenvalue weighted by atomic mass is 35.5. The SMILES string of the molecule is Cc1cc(-n2nccn2)ccc1Cl. The number of aryl methyl sites for hydroxylation is 1. The van der Waals surface area contributed by atoms with E-state index in [1.165, 1.54) is 0 Å². The van der Waals surface area contributed by atoms with Crippen LogP contribution in [-0.2, 0) is 0 Å². The summed E-state index contributed by atoms with van der Waals surface area (Å²) < 4.78 is 0. The van der Waals surface area contributed by atoms with Gasteiger partial charge in [0.1, 0.15) is 0 Å². The molecule has 0 spiro atoms. The zero-order valence-electron chi connectivity index (χ0n) is 7.11. The van der Waals surface area contributed by atoms with E-state index in [0.29, 0.717) is 0 Å². The van der Waals surface area contributed by atoms with Crippen LogP contribution < -0.4 is 0 Å². The molecule has 3 nitrogen and oxygen atoms in total. The Labute approximate surface area is 81.0 Å². The first kappa shape index (κ1) is 8.26. The van der Waals surface area contributed by atoms with Gasteiger partial charge in [0, 0.05) is 5.02 Å². The number of hydrogen-bond donors (Lipinski definition) is 0. The van der Waals surface area contributed by atoms with Gasteiger partial charge in [0.05, 0.1) is 18.1 Å². The summed E-state index contributed by atoms with van der Waals surface area (Å²) in [5.74, 6) is 0. The molecule has 4 heteroatoms. The fourth-order valence-corrected chi connectivity index (χ4v) is 1.22. The first-order valence-electron chi connectivity index (χ1n) is 3.90. The molecule has 0 bridgehead atoms. The van der Waals surface area contributed by atoms with Gasteiger partial charge in [0.25, 0.3) is 0 Å². The summed E-state index contributed by atoms with van der Waals surface area (Å²) in [5.41, 5.74) is 1.95. The number of benzene rings is 1. The Morgan fingerprint density at radius 2 is 1.92 bits per heavy atom. The summed E-state index contributed by atoms with van der Waals surface area (Å²) in [5, 5.41) is 8.80. The minimum Gasteiger partial charge on any atom is -0.157 e. The Bertz CT molecular complexity index is 409. The molecule has 0 aliphatic carbocycles. The van der Waals surface area contributed by atoms with E-state index < -0.39 is 0 Å². The fourth-order valence-electron chi connectivity index (χ4n) is 1.10. The van der Waals surface area contributed by atoms with Crippen LogP contribution in [0.2, 0.25) is 5.02 Å². The minimum atomic E-state index is 0.760. The number of rotatable bonds is 1. The molecule has 2 aromatic rings. The molecular weight excluding hydrogens is 186 g/mol. The van der Waals surface area contributed by atoms with Crippen LogP contribution >= 0.6 is 11.6 Å². The van der Waals surface area contributed by atoms with Gasteiger partial charge in [0.2, 0.25) is 0 Å². The highest BCUT2D eigenvalue weighted by molar-refractivity contribution is 6.31. The molecule has 1 heterocycles. The smallest absolute Gasteiger partial charge is 0.0860 e. The van der Waals surface area contributed by atoms with Gasteiger partial charge >= 0.3 is 0 Å². The van der Waals surface area contributed by atoms with Gasteiger partial charge in [-0.2, -0.15) is 15.0 Å². The maximum absolute atomic E-state index is 5.89. The molecule has 0 radical (unpaired) electrons. The molecule has 66 valence electrons. The molecule has 0 N–H and O–H groups in total. The van der Waals surface area contributed by atoms with E-state index >= 15 is 0 Å². The van der Waals surface area contributed by atoms with Gasteiger partial charge in [-0.05, 0) is 30.7 Å². The molecule has 0 unspecified atom stereocenters. The molecule has 1 aromatic carbocycles. The van der Waals surface area contributed by atoms with E-state index in [0.717, 1.165) is 16.3 Å². The second-order valence-electron chi connectivity index (χ2n) is 2.75. The van der Waals surface area contributed by atoms with Gasteiger partial charge in [0.15, 0.2) is 0 Å². The van der Waals surface area contributed by atoms with Crippen LogP contribution in [0.15, 0.2) is 30.6 Å². The van der Waals surface area contributed by atoms with Gasteiger partial charge in [-0.1, -0.05) is 11.6 Å². The van der Waals surface area contributed by atoms with E-state index in [2.05, 4.69) is 10.2 Å². The third-order valence-electron chi connectivity index (χ3n) is 1.79. The van der Waals surface area contributed by atoms with Crippen LogP contribution in [0.4, 0.5) is 0 Å². The highest BCUT2D eigenvalue weighted by Gasteiger charge is 1.99. The van der Waals surface area contributed by atoms with Crippen molar-refractivity contribution < 1.29 is 0 Å². The quantitative estimate of drug-likeness (QED) is 0.696. The summed E-state index contributed by atoms with van der Waals surface area (Å²) in [6.07, 6.45) is 3.29. The molecular formula is C9H8ClN3. The van der Waals surface area contributed by atoms with Crippen molar-refractivity contribution in [3.8, 4) is 5.69 Å². The van der Waals surface area contributed by atoms with Crippen molar-refractivity contribution in [2.75, 3.05) is 0 Å². The maximum atomic E-state index is 5.89. The van der Waals surface area contributed by atoms with Crippen molar-refractivity contribution in [3.63, 3.8) is 0 Å². The van der Waals surface area contributed by atoms with Crippen molar-refractivity contribution in [1.82, 2.24) is 15.0 Å². The van der Waals surface area contributed by atoms with Crippen LogP contribution in [0.25, 0.3) is 5.69 Å². The summed E-state index contributed by atoms with van der Waals surface area (Å²) in [6.45, 7) is 1.95. The highest BCUT2D eigenvalue weighted by Crippen LogP contribution is 2.17. The lowest BCUT2D eigenvalue weighted by atomic mass is 10.2. The standard InChI is InChI=1S/C9H8ClN3/c1-7-6-8(2-3-9(7)10)13-11-4-5-12-13/h2-6H,1H3. The van der Waals surface area contributed by atoms with Gasteiger partial charge in [-0.3, -0.25) is 0 Å². The molecule has 0 amide bonds. The van der Waals surface area contributed by atoms with Crippen molar-refractivity contribution in [3.05, 3.63) is 41.2 Å². The molecule has 2 rings (SSSR count). The third-order valence-corrected chi connectivity index (χ3v) is 2.22. The summed E-state index contributed by atoms with van der Waals surface area (Å²) in [4.78, 5) is 1.56. The molecule has 0 fully saturated rings. The van der Waals surface area contributed by atoms with E-state index in [9.17, 15) is 0 Å². The average Bonchev–Trinajstić information content (AvgIpc) is 2.62. The zero-order valence-corrected chi connectivity index (χ0v) is 7.86. The second kappa shape index (κ2) is 3.18. The average molecular weight is 194 g/mol. The van der Waals surface area contributed by atoms with Crippen LogP contribution in [0, 0.1) is 6.92 Å². The van der Waals surface area contributed by atoms with Crippen molar-refractivity contribution in [2.45, 2.75) is 6.92 Å². The fraction of sp³-hybridized carbons (Fsp3) is 0.111. The largest absolute Gasteiger partial charge is 0.157 e. The maximum Gasteiger partial charge on any atom is 0.0860 e. The summed E-state index contributed by atoms with van der Waals surface area (Å²) in [7, 11) is 0. The van der Waals surface area contributed by atoms with Crippen molar-refractivity contribution in [1.29, 1.82) is 0 Å². The molecule has 13 heavy (non-hydrogen) atoms. The third kappa shape index (κ3) is 1.55. The molecule has 0 aliphatic rings. The van der Waals surface area contributed by atoms with Crippen LogP contribution in [-0.4, -0.2) is 15.0 Å². The van der Waals surface area contributed by atoms with Crippen LogP contribution in [0.5, 0.6) is 0 Å². The number of nitrogens with zero attached hydrogens (tertiary/aromatic N) is 3. The monoisotopic (exact) mass is 193 g/mol. The molecule has 0 saturated heterocycles. The first-order valence-corrected chi connectivity index (χ1v) is 4.28. The van der Waals surface area contributed by atoms with Gasteiger partial charge < -0.3 is 0 Å². The Morgan fingerprint density at radius 1 is 1.23 bits per heavy atom. The predicted molar refractivity (Wildman–Crippen MR) is 51.1 cm³/mol. The van der Waals surface area contributed by atoms with E-state index in [-0.39, 0.29) is 0 Å². The Balaban J connectivity index is 2.49.